The molecule has 0 saturated carbocycles. The lowest BCUT2D eigenvalue weighted by molar-refractivity contribution is 0.305. The van der Waals surface area contributed by atoms with Crippen molar-refractivity contribution in [3.8, 4) is 5.88 Å². The van der Waals surface area contributed by atoms with Crippen LogP contribution in [0.5, 0.6) is 5.88 Å². The molecule has 5 heteroatoms. The molecule has 0 atom stereocenters. The van der Waals surface area contributed by atoms with Crippen molar-refractivity contribution in [2.45, 2.75) is 19.8 Å². The average molecular weight is 275 g/mol. The van der Waals surface area contributed by atoms with E-state index in [9.17, 15) is 4.39 Å². The van der Waals surface area contributed by atoms with Gasteiger partial charge in [0.25, 0.3) is 0 Å². The SMILES string of the molecule is CCCOc1cc(NCCc2ccccc2F)ncn1. The van der Waals surface area contributed by atoms with Crippen LogP contribution in [0, 0.1) is 5.82 Å². The fourth-order valence-electron chi connectivity index (χ4n) is 1.75. The first-order chi connectivity index (χ1) is 9.79. The van der Waals surface area contributed by atoms with E-state index in [2.05, 4.69) is 15.3 Å². The van der Waals surface area contributed by atoms with Gasteiger partial charge in [-0.05, 0) is 24.5 Å². The first kappa shape index (κ1) is 14.2. The van der Waals surface area contributed by atoms with Crippen LogP contribution in [0.3, 0.4) is 0 Å². The summed E-state index contributed by atoms with van der Waals surface area (Å²) in [5.41, 5.74) is 0.691. The quantitative estimate of drug-likeness (QED) is 0.843. The van der Waals surface area contributed by atoms with Crippen molar-refractivity contribution in [2.24, 2.45) is 0 Å². The molecule has 1 aromatic heterocycles. The zero-order valence-corrected chi connectivity index (χ0v) is 11.5. The molecular weight excluding hydrogens is 257 g/mol. The van der Waals surface area contributed by atoms with Crippen LogP contribution < -0.4 is 10.1 Å². The van der Waals surface area contributed by atoms with E-state index in [1.807, 2.05) is 13.0 Å². The second-order valence-corrected chi connectivity index (χ2v) is 4.36. The minimum Gasteiger partial charge on any atom is -0.478 e. The zero-order chi connectivity index (χ0) is 14.2. The van der Waals surface area contributed by atoms with E-state index in [1.165, 1.54) is 12.4 Å². The monoisotopic (exact) mass is 275 g/mol. The minimum atomic E-state index is -0.177. The van der Waals surface area contributed by atoms with Crippen LogP contribution in [-0.2, 0) is 6.42 Å². The number of nitrogens with zero attached hydrogens (tertiary/aromatic N) is 2. The molecule has 0 radical (unpaired) electrons. The fraction of sp³-hybridized carbons (Fsp3) is 0.333. The van der Waals surface area contributed by atoms with Gasteiger partial charge in [0.05, 0.1) is 6.61 Å². The Morgan fingerprint density at radius 2 is 2.10 bits per heavy atom. The van der Waals surface area contributed by atoms with Crippen molar-refractivity contribution >= 4 is 5.82 Å². The number of hydrogen-bond donors (Lipinski definition) is 1. The molecule has 2 aromatic rings. The Morgan fingerprint density at radius 1 is 1.25 bits per heavy atom. The van der Waals surface area contributed by atoms with Crippen LogP contribution in [0.15, 0.2) is 36.7 Å². The molecule has 0 unspecified atom stereocenters. The summed E-state index contributed by atoms with van der Waals surface area (Å²) in [7, 11) is 0. The highest BCUT2D eigenvalue weighted by Gasteiger charge is 2.02. The van der Waals surface area contributed by atoms with Crippen LogP contribution in [0.2, 0.25) is 0 Å². The van der Waals surface area contributed by atoms with Crippen molar-refractivity contribution in [1.29, 1.82) is 0 Å². The third kappa shape index (κ3) is 4.19. The molecule has 1 N–H and O–H groups in total. The fourth-order valence-corrected chi connectivity index (χ4v) is 1.75. The molecule has 0 saturated heterocycles. The maximum atomic E-state index is 13.4. The van der Waals surface area contributed by atoms with Gasteiger partial charge in [-0.15, -0.1) is 0 Å². The maximum Gasteiger partial charge on any atom is 0.218 e. The molecule has 1 aromatic carbocycles. The van der Waals surface area contributed by atoms with Crippen molar-refractivity contribution < 1.29 is 9.13 Å². The molecule has 1 heterocycles. The van der Waals surface area contributed by atoms with Gasteiger partial charge in [-0.25, -0.2) is 14.4 Å². The van der Waals surface area contributed by atoms with Gasteiger partial charge in [0.1, 0.15) is 18.0 Å². The summed E-state index contributed by atoms with van der Waals surface area (Å²) < 4.78 is 18.9. The van der Waals surface area contributed by atoms with Crippen molar-refractivity contribution in [1.82, 2.24) is 9.97 Å². The summed E-state index contributed by atoms with van der Waals surface area (Å²) in [6, 6.07) is 8.52. The Morgan fingerprint density at radius 3 is 2.90 bits per heavy atom. The Labute approximate surface area is 118 Å². The highest BCUT2D eigenvalue weighted by Crippen LogP contribution is 2.12. The lowest BCUT2D eigenvalue weighted by atomic mass is 10.1. The number of aromatic nitrogens is 2. The summed E-state index contributed by atoms with van der Waals surface area (Å²) in [6.45, 7) is 3.27. The van der Waals surface area contributed by atoms with Crippen molar-refractivity contribution in [2.75, 3.05) is 18.5 Å². The van der Waals surface area contributed by atoms with Gasteiger partial charge in [0.2, 0.25) is 5.88 Å². The maximum absolute atomic E-state index is 13.4. The predicted octanol–water partition coefficient (Wildman–Crippen LogP) is 3.06. The van der Waals surface area contributed by atoms with Gasteiger partial charge in [-0.1, -0.05) is 25.1 Å². The highest BCUT2D eigenvalue weighted by molar-refractivity contribution is 5.37. The molecule has 0 spiro atoms. The predicted molar refractivity (Wildman–Crippen MR) is 76.4 cm³/mol. The largest absolute Gasteiger partial charge is 0.478 e. The molecule has 0 fully saturated rings. The van der Waals surface area contributed by atoms with E-state index in [4.69, 9.17) is 4.74 Å². The molecular formula is C15H18FN3O. The lowest BCUT2D eigenvalue weighted by Gasteiger charge is -2.08. The molecule has 0 aliphatic carbocycles. The number of rotatable bonds is 7. The molecule has 2 rings (SSSR count). The minimum absolute atomic E-state index is 0.177. The average Bonchev–Trinajstić information content (AvgIpc) is 2.48. The number of halogens is 1. The Kier molecular flexibility index (Phi) is 5.29. The van der Waals surface area contributed by atoms with Crippen LogP contribution >= 0.6 is 0 Å². The van der Waals surface area contributed by atoms with Crippen LogP contribution in [0.25, 0.3) is 0 Å². The highest BCUT2D eigenvalue weighted by atomic mass is 19.1. The van der Waals surface area contributed by atoms with Crippen LogP contribution in [0.4, 0.5) is 10.2 Å². The zero-order valence-electron chi connectivity index (χ0n) is 11.5. The topological polar surface area (TPSA) is 47.0 Å². The molecule has 0 aliphatic heterocycles. The number of hydrogen-bond acceptors (Lipinski definition) is 4. The Bertz CT molecular complexity index is 548. The van der Waals surface area contributed by atoms with Gasteiger partial charge >= 0.3 is 0 Å². The van der Waals surface area contributed by atoms with Crippen LogP contribution in [0.1, 0.15) is 18.9 Å². The normalized spacial score (nSPS) is 10.3. The third-order valence-electron chi connectivity index (χ3n) is 2.75. The van der Waals surface area contributed by atoms with E-state index < -0.39 is 0 Å². The van der Waals surface area contributed by atoms with Gasteiger partial charge < -0.3 is 10.1 Å². The smallest absolute Gasteiger partial charge is 0.218 e. The molecule has 106 valence electrons. The number of ether oxygens (including phenoxy) is 1. The molecule has 0 bridgehead atoms. The van der Waals surface area contributed by atoms with Gasteiger partial charge in [-0.3, -0.25) is 0 Å². The molecule has 4 nitrogen and oxygen atoms in total. The summed E-state index contributed by atoms with van der Waals surface area (Å²) in [5.74, 6) is 1.06. The molecule has 20 heavy (non-hydrogen) atoms. The number of benzene rings is 1. The van der Waals surface area contributed by atoms with E-state index in [0.29, 0.717) is 36.8 Å². The van der Waals surface area contributed by atoms with Crippen LogP contribution in [-0.4, -0.2) is 23.1 Å². The second kappa shape index (κ2) is 7.43. The first-order valence-corrected chi connectivity index (χ1v) is 6.71. The van der Waals surface area contributed by atoms with E-state index >= 15 is 0 Å². The number of anilines is 1. The Balaban J connectivity index is 1.86. The van der Waals surface area contributed by atoms with Gasteiger partial charge in [0.15, 0.2) is 0 Å². The van der Waals surface area contributed by atoms with Gasteiger partial charge in [-0.2, -0.15) is 0 Å². The lowest BCUT2D eigenvalue weighted by Crippen LogP contribution is -2.08. The van der Waals surface area contributed by atoms with Crippen molar-refractivity contribution in [3.63, 3.8) is 0 Å². The van der Waals surface area contributed by atoms with E-state index in [-0.39, 0.29) is 5.82 Å². The first-order valence-electron chi connectivity index (χ1n) is 6.71. The summed E-state index contributed by atoms with van der Waals surface area (Å²) in [6.07, 6.45) is 2.98. The standard InChI is InChI=1S/C15H18FN3O/c1-2-9-20-15-10-14(18-11-19-15)17-8-7-12-5-3-4-6-13(12)16/h3-6,10-11H,2,7-9H2,1H3,(H,17,18,19). The summed E-state index contributed by atoms with van der Waals surface area (Å²) in [4.78, 5) is 8.13. The van der Waals surface area contributed by atoms with E-state index in [0.717, 1.165) is 6.42 Å². The number of nitrogens with one attached hydrogen (secondary N) is 1. The van der Waals surface area contributed by atoms with Gasteiger partial charge in [0, 0.05) is 12.6 Å². The Hall–Kier alpha value is -2.17. The van der Waals surface area contributed by atoms with E-state index in [1.54, 1.807) is 18.2 Å². The van der Waals surface area contributed by atoms with Crippen molar-refractivity contribution in [3.05, 3.63) is 48.0 Å². The second-order valence-electron chi connectivity index (χ2n) is 4.36. The molecule has 0 amide bonds. The summed E-state index contributed by atoms with van der Waals surface area (Å²) >= 11 is 0. The molecule has 0 aliphatic rings. The summed E-state index contributed by atoms with van der Waals surface area (Å²) in [5, 5.41) is 3.14. The third-order valence-corrected chi connectivity index (χ3v) is 2.75.